The van der Waals surface area contributed by atoms with Crippen LogP contribution < -0.4 is 10.1 Å². The van der Waals surface area contributed by atoms with E-state index in [0.717, 1.165) is 0 Å². The monoisotopic (exact) mass is 311 g/mol. The summed E-state index contributed by atoms with van der Waals surface area (Å²) in [6.07, 6.45) is 3.22. The van der Waals surface area contributed by atoms with Gasteiger partial charge in [-0.15, -0.1) is 0 Å². The van der Waals surface area contributed by atoms with Crippen LogP contribution in [0.4, 0.5) is 10.2 Å². The van der Waals surface area contributed by atoms with Gasteiger partial charge in [0, 0.05) is 13.1 Å². The van der Waals surface area contributed by atoms with E-state index in [2.05, 4.69) is 31.2 Å². The summed E-state index contributed by atoms with van der Waals surface area (Å²) >= 11 is 3.08. The number of hydrogen-bond donors (Lipinski definition) is 1. The van der Waals surface area contributed by atoms with Gasteiger partial charge in [-0.05, 0) is 28.1 Å². The molecule has 0 aliphatic carbocycles. The topological polar surface area (TPSA) is 47.0 Å². The number of hydrogen-bond acceptors (Lipinski definition) is 4. The molecule has 0 fully saturated rings. The van der Waals surface area contributed by atoms with Crippen LogP contribution in [0, 0.1) is 5.82 Å². The number of rotatable bonds is 4. The van der Waals surface area contributed by atoms with Crippen molar-refractivity contribution < 1.29 is 9.13 Å². The van der Waals surface area contributed by atoms with Crippen LogP contribution in [0.3, 0.4) is 0 Å². The normalized spacial score (nSPS) is 10.2. The molecule has 1 heterocycles. The summed E-state index contributed by atoms with van der Waals surface area (Å²) in [4.78, 5) is 8.26. The van der Waals surface area contributed by atoms with Crippen molar-refractivity contribution in [3.05, 3.63) is 46.6 Å². The van der Waals surface area contributed by atoms with E-state index in [1.54, 1.807) is 31.6 Å². The van der Waals surface area contributed by atoms with Gasteiger partial charge in [-0.25, -0.2) is 9.37 Å². The minimum Gasteiger partial charge on any atom is -0.487 e. The first-order valence-electron chi connectivity index (χ1n) is 5.25. The van der Waals surface area contributed by atoms with Crippen LogP contribution in [0.15, 0.2) is 35.1 Å². The zero-order chi connectivity index (χ0) is 13.0. The Morgan fingerprint density at radius 1 is 1.33 bits per heavy atom. The number of anilines is 1. The largest absolute Gasteiger partial charge is 0.487 e. The zero-order valence-corrected chi connectivity index (χ0v) is 11.2. The molecule has 0 saturated carbocycles. The Kier molecular flexibility index (Phi) is 4.09. The molecule has 0 amide bonds. The molecule has 0 spiro atoms. The highest BCUT2D eigenvalue weighted by Crippen LogP contribution is 2.21. The van der Waals surface area contributed by atoms with E-state index in [1.165, 1.54) is 6.07 Å². The van der Waals surface area contributed by atoms with Gasteiger partial charge < -0.3 is 10.1 Å². The first-order chi connectivity index (χ1) is 8.69. The number of ether oxygens (including phenoxy) is 1. The Morgan fingerprint density at radius 2 is 2.17 bits per heavy atom. The number of halogens is 2. The lowest BCUT2D eigenvalue weighted by atomic mass is 10.3. The predicted octanol–water partition coefficient (Wildman–Crippen LogP) is 3.00. The molecule has 18 heavy (non-hydrogen) atoms. The summed E-state index contributed by atoms with van der Waals surface area (Å²) in [7, 11) is 1.77. The molecule has 0 radical (unpaired) electrons. The van der Waals surface area contributed by atoms with E-state index in [-0.39, 0.29) is 12.4 Å². The lowest BCUT2D eigenvalue weighted by Gasteiger charge is -2.06. The molecule has 94 valence electrons. The molecular weight excluding hydrogens is 301 g/mol. The maximum absolute atomic E-state index is 13.2. The molecule has 2 rings (SSSR count). The maximum atomic E-state index is 13.2. The lowest BCUT2D eigenvalue weighted by molar-refractivity contribution is 0.299. The fraction of sp³-hybridized carbons (Fsp3) is 0.167. The first-order valence-corrected chi connectivity index (χ1v) is 6.05. The molecule has 0 aliphatic heterocycles. The van der Waals surface area contributed by atoms with Crippen molar-refractivity contribution in [1.29, 1.82) is 0 Å². The summed E-state index contributed by atoms with van der Waals surface area (Å²) in [5.41, 5.74) is 0.678. The van der Waals surface area contributed by atoms with Gasteiger partial charge in [0.25, 0.3) is 0 Å². The zero-order valence-electron chi connectivity index (χ0n) is 9.65. The van der Waals surface area contributed by atoms with Crippen LogP contribution in [0.1, 0.15) is 5.69 Å². The van der Waals surface area contributed by atoms with E-state index in [9.17, 15) is 4.39 Å². The van der Waals surface area contributed by atoms with Gasteiger partial charge in [-0.3, -0.25) is 4.98 Å². The molecule has 0 saturated heterocycles. The van der Waals surface area contributed by atoms with Gasteiger partial charge >= 0.3 is 0 Å². The Balaban J connectivity index is 1.99. The summed E-state index contributed by atoms with van der Waals surface area (Å²) in [6.45, 7) is 0.248. The molecule has 0 aliphatic rings. The summed E-state index contributed by atoms with van der Waals surface area (Å²) < 4.78 is 19.1. The van der Waals surface area contributed by atoms with E-state index < -0.39 is 0 Å². The van der Waals surface area contributed by atoms with Gasteiger partial charge in [0.15, 0.2) is 0 Å². The quantitative estimate of drug-likeness (QED) is 0.943. The SMILES string of the molecule is CNc1cnc(COc2ccc(Br)c(F)c2)cn1. The van der Waals surface area contributed by atoms with Crippen molar-refractivity contribution in [3.63, 3.8) is 0 Å². The Morgan fingerprint density at radius 3 is 2.78 bits per heavy atom. The molecule has 6 heteroatoms. The van der Waals surface area contributed by atoms with E-state index in [1.807, 2.05) is 0 Å². The second-order valence-electron chi connectivity index (χ2n) is 3.51. The molecule has 4 nitrogen and oxygen atoms in total. The van der Waals surface area contributed by atoms with Crippen molar-refractivity contribution in [2.24, 2.45) is 0 Å². The van der Waals surface area contributed by atoms with Crippen LogP contribution in [-0.2, 0) is 6.61 Å². The average Bonchev–Trinajstić information content (AvgIpc) is 2.41. The molecular formula is C12H11BrFN3O. The van der Waals surface area contributed by atoms with Gasteiger partial charge in [-0.1, -0.05) is 0 Å². The van der Waals surface area contributed by atoms with Crippen molar-refractivity contribution in [3.8, 4) is 5.75 Å². The van der Waals surface area contributed by atoms with Crippen LogP contribution in [-0.4, -0.2) is 17.0 Å². The summed E-state index contributed by atoms with van der Waals surface area (Å²) in [5.74, 6) is 0.785. The van der Waals surface area contributed by atoms with Crippen LogP contribution >= 0.6 is 15.9 Å². The second kappa shape index (κ2) is 5.77. The minimum absolute atomic E-state index is 0.248. The Hall–Kier alpha value is -1.69. The predicted molar refractivity (Wildman–Crippen MR) is 70.0 cm³/mol. The third-order valence-corrected chi connectivity index (χ3v) is 2.88. The number of aromatic nitrogens is 2. The summed E-state index contributed by atoms with van der Waals surface area (Å²) in [5, 5.41) is 2.87. The molecule has 1 N–H and O–H groups in total. The van der Waals surface area contributed by atoms with Crippen LogP contribution in [0.5, 0.6) is 5.75 Å². The fourth-order valence-electron chi connectivity index (χ4n) is 1.28. The highest BCUT2D eigenvalue weighted by atomic mass is 79.9. The van der Waals surface area contributed by atoms with Crippen LogP contribution in [0.2, 0.25) is 0 Å². The minimum atomic E-state index is -0.357. The van der Waals surface area contributed by atoms with Crippen molar-refractivity contribution in [2.45, 2.75) is 6.61 Å². The van der Waals surface area contributed by atoms with Crippen molar-refractivity contribution >= 4 is 21.7 Å². The number of benzene rings is 1. The molecule has 0 atom stereocenters. The van der Waals surface area contributed by atoms with Gasteiger partial charge in [0.2, 0.25) is 0 Å². The van der Waals surface area contributed by atoms with Crippen molar-refractivity contribution in [1.82, 2.24) is 9.97 Å². The maximum Gasteiger partial charge on any atom is 0.144 e. The highest BCUT2D eigenvalue weighted by Gasteiger charge is 2.02. The third-order valence-electron chi connectivity index (χ3n) is 2.24. The highest BCUT2D eigenvalue weighted by molar-refractivity contribution is 9.10. The number of nitrogens with one attached hydrogen (secondary N) is 1. The molecule has 1 aromatic heterocycles. The summed E-state index contributed by atoms with van der Waals surface area (Å²) in [6, 6.07) is 4.60. The molecule has 2 aromatic rings. The smallest absolute Gasteiger partial charge is 0.144 e. The number of nitrogens with zero attached hydrogens (tertiary/aromatic N) is 2. The Bertz CT molecular complexity index is 533. The lowest BCUT2D eigenvalue weighted by Crippen LogP contribution is -2.01. The molecule has 0 unspecified atom stereocenters. The standard InChI is InChI=1S/C12H11BrFN3O/c1-15-12-6-16-8(5-17-12)7-18-9-2-3-10(13)11(14)4-9/h2-6H,7H2,1H3,(H,15,17). The second-order valence-corrected chi connectivity index (χ2v) is 4.36. The molecule has 0 bridgehead atoms. The molecule has 1 aromatic carbocycles. The van der Waals surface area contributed by atoms with Gasteiger partial charge in [-0.2, -0.15) is 0 Å². The van der Waals surface area contributed by atoms with E-state index >= 15 is 0 Å². The van der Waals surface area contributed by atoms with Crippen molar-refractivity contribution in [2.75, 3.05) is 12.4 Å². The van der Waals surface area contributed by atoms with Crippen LogP contribution in [0.25, 0.3) is 0 Å². The van der Waals surface area contributed by atoms with E-state index in [4.69, 9.17) is 4.74 Å². The first kappa shape index (κ1) is 12.8. The Labute approximate surface area is 112 Å². The fourth-order valence-corrected chi connectivity index (χ4v) is 1.53. The third kappa shape index (κ3) is 3.16. The average molecular weight is 312 g/mol. The van der Waals surface area contributed by atoms with Gasteiger partial charge in [0.1, 0.15) is 24.0 Å². The van der Waals surface area contributed by atoms with E-state index in [0.29, 0.717) is 21.7 Å². The van der Waals surface area contributed by atoms with Gasteiger partial charge in [0.05, 0.1) is 22.6 Å².